The number of hydrogen-bond donors (Lipinski definition) is 3. The van der Waals surface area contributed by atoms with Gasteiger partial charge in [0.05, 0.1) is 0 Å². The van der Waals surface area contributed by atoms with Crippen LogP contribution in [0.4, 0.5) is 27.7 Å². The fourth-order valence-electron chi connectivity index (χ4n) is 2.41. The lowest BCUT2D eigenvalue weighted by atomic mass is 10.1. The van der Waals surface area contributed by atoms with Crippen LogP contribution in [0.25, 0.3) is 0 Å². The Morgan fingerprint density at radius 2 is 2.09 bits per heavy atom. The lowest BCUT2D eigenvalue weighted by Gasteiger charge is -2.40. The average molecular weight is 302 g/mol. The first-order valence-electron chi connectivity index (χ1n) is 7.15. The van der Waals surface area contributed by atoms with Crippen LogP contribution in [-0.4, -0.2) is 36.1 Å². The van der Waals surface area contributed by atoms with Crippen molar-refractivity contribution in [1.82, 2.24) is 15.3 Å². The largest absolute Gasteiger partial charge is 0.368 e. The summed E-state index contributed by atoms with van der Waals surface area (Å²) in [6, 6.07) is 7.18. The number of hydrogen-bond acceptors (Lipinski definition) is 6. The van der Waals surface area contributed by atoms with Crippen molar-refractivity contribution in [3.8, 4) is 0 Å². The number of nitrogen functional groups attached to an aromatic ring is 1. The molecule has 0 amide bonds. The lowest BCUT2D eigenvalue weighted by molar-refractivity contribution is 0.447. The van der Waals surface area contributed by atoms with Gasteiger partial charge in [-0.15, -0.1) is 0 Å². The van der Waals surface area contributed by atoms with Crippen LogP contribution in [0.15, 0.2) is 24.3 Å². The van der Waals surface area contributed by atoms with Gasteiger partial charge < -0.3 is 21.3 Å². The summed E-state index contributed by atoms with van der Waals surface area (Å²) in [6.07, 6.45) is 0. The summed E-state index contributed by atoms with van der Waals surface area (Å²) >= 11 is 0. The first-order valence-corrected chi connectivity index (χ1v) is 7.15. The number of likely N-dealkylation sites (N-methyl/N-ethyl adjacent to an activating group) is 1. The summed E-state index contributed by atoms with van der Waals surface area (Å²) in [7, 11) is 1.94. The van der Waals surface area contributed by atoms with Crippen molar-refractivity contribution < 1.29 is 4.39 Å². The summed E-state index contributed by atoms with van der Waals surface area (Å²) in [5.41, 5.74) is 7.00. The van der Waals surface area contributed by atoms with E-state index in [-0.39, 0.29) is 11.8 Å². The summed E-state index contributed by atoms with van der Waals surface area (Å²) in [6.45, 7) is 3.48. The Balaban J connectivity index is 1.82. The van der Waals surface area contributed by atoms with E-state index in [4.69, 9.17) is 5.73 Å². The summed E-state index contributed by atoms with van der Waals surface area (Å²) < 4.78 is 13.6. The number of nitrogens with zero attached hydrogens (tertiary/aromatic N) is 3. The number of benzene rings is 1. The van der Waals surface area contributed by atoms with Gasteiger partial charge in [-0.1, -0.05) is 6.07 Å². The van der Waals surface area contributed by atoms with E-state index in [9.17, 15) is 4.39 Å². The minimum absolute atomic E-state index is 0.196. The molecule has 1 aliphatic rings. The molecule has 2 aromatic rings. The molecule has 0 aliphatic carbocycles. The van der Waals surface area contributed by atoms with Crippen molar-refractivity contribution >= 4 is 23.3 Å². The van der Waals surface area contributed by atoms with Gasteiger partial charge in [-0.2, -0.15) is 9.97 Å². The van der Waals surface area contributed by atoms with E-state index in [2.05, 4.69) is 25.5 Å². The van der Waals surface area contributed by atoms with Gasteiger partial charge in [-0.25, -0.2) is 4.39 Å². The van der Waals surface area contributed by atoms with Crippen LogP contribution >= 0.6 is 0 Å². The normalized spacial score (nSPS) is 14.8. The van der Waals surface area contributed by atoms with Crippen LogP contribution in [0.5, 0.6) is 0 Å². The van der Waals surface area contributed by atoms with E-state index in [1.54, 1.807) is 19.1 Å². The molecule has 116 valence electrons. The van der Waals surface area contributed by atoms with Crippen LogP contribution in [-0.2, 0) is 0 Å². The van der Waals surface area contributed by atoms with Gasteiger partial charge in [-0.05, 0) is 26.1 Å². The van der Waals surface area contributed by atoms with Crippen molar-refractivity contribution in [2.45, 2.75) is 13.0 Å². The number of rotatable bonds is 4. The molecule has 0 unspecified atom stereocenters. The molecule has 1 saturated heterocycles. The maximum atomic E-state index is 13.6. The molecule has 22 heavy (non-hydrogen) atoms. The molecular weight excluding hydrogens is 283 g/mol. The van der Waals surface area contributed by atoms with Gasteiger partial charge in [0.25, 0.3) is 0 Å². The van der Waals surface area contributed by atoms with E-state index in [1.165, 1.54) is 6.07 Å². The molecule has 0 saturated carbocycles. The molecule has 0 spiro atoms. The van der Waals surface area contributed by atoms with Gasteiger partial charge in [-0.3, -0.25) is 0 Å². The monoisotopic (exact) mass is 302 g/mol. The molecule has 1 aromatic heterocycles. The lowest BCUT2D eigenvalue weighted by Crippen LogP contribution is -2.57. The van der Waals surface area contributed by atoms with Crippen LogP contribution in [0, 0.1) is 12.7 Å². The zero-order valence-corrected chi connectivity index (χ0v) is 12.6. The number of nitrogens with one attached hydrogen (secondary N) is 2. The first-order chi connectivity index (χ1) is 10.6. The van der Waals surface area contributed by atoms with Gasteiger partial charge in [0.2, 0.25) is 5.95 Å². The summed E-state index contributed by atoms with van der Waals surface area (Å²) in [4.78, 5) is 10.5. The van der Waals surface area contributed by atoms with Crippen molar-refractivity contribution in [2.24, 2.45) is 0 Å². The van der Waals surface area contributed by atoms with Crippen molar-refractivity contribution in [3.05, 3.63) is 35.6 Å². The molecule has 1 aliphatic heterocycles. The Morgan fingerprint density at radius 3 is 2.82 bits per heavy atom. The second-order valence-electron chi connectivity index (χ2n) is 5.40. The quantitative estimate of drug-likeness (QED) is 0.797. The zero-order chi connectivity index (χ0) is 15.7. The Bertz CT molecular complexity index is 684. The molecule has 1 fully saturated rings. The van der Waals surface area contributed by atoms with Crippen LogP contribution in [0.2, 0.25) is 0 Å². The fourth-order valence-corrected chi connectivity index (χ4v) is 2.41. The smallest absolute Gasteiger partial charge is 0.223 e. The molecule has 0 atom stereocenters. The van der Waals surface area contributed by atoms with E-state index < -0.39 is 0 Å². The maximum absolute atomic E-state index is 13.6. The highest BCUT2D eigenvalue weighted by Crippen LogP contribution is 2.26. The molecule has 3 rings (SSSR count). The van der Waals surface area contributed by atoms with Gasteiger partial charge in [0.15, 0.2) is 0 Å². The average Bonchev–Trinajstić information content (AvgIpc) is 2.42. The Labute approximate surface area is 128 Å². The molecule has 0 radical (unpaired) electrons. The minimum Gasteiger partial charge on any atom is -0.368 e. The van der Waals surface area contributed by atoms with E-state index in [0.717, 1.165) is 18.9 Å². The third kappa shape index (κ3) is 2.80. The predicted octanol–water partition coefficient (Wildman–Crippen LogP) is 1.66. The number of halogens is 1. The Morgan fingerprint density at radius 1 is 1.32 bits per heavy atom. The highest BCUT2D eigenvalue weighted by atomic mass is 19.1. The van der Waals surface area contributed by atoms with E-state index >= 15 is 0 Å². The van der Waals surface area contributed by atoms with Crippen molar-refractivity contribution in [1.29, 1.82) is 0 Å². The molecule has 0 bridgehead atoms. The summed E-state index contributed by atoms with van der Waals surface area (Å²) in [5.74, 6) is 1.27. The predicted molar refractivity (Wildman–Crippen MR) is 85.9 cm³/mol. The Kier molecular flexibility index (Phi) is 3.81. The SMILES string of the molecule is CNC1CN(c2cc(Nc3cccc(F)c3C)nc(N)n2)C1. The fraction of sp³-hybridized carbons (Fsp3) is 0.333. The zero-order valence-electron chi connectivity index (χ0n) is 12.6. The van der Waals surface area contributed by atoms with Gasteiger partial charge in [0.1, 0.15) is 17.5 Å². The third-order valence-electron chi connectivity index (χ3n) is 3.87. The van der Waals surface area contributed by atoms with Crippen LogP contribution in [0.3, 0.4) is 0 Å². The minimum atomic E-state index is -0.258. The second-order valence-corrected chi connectivity index (χ2v) is 5.40. The molecule has 7 heteroatoms. The van der Waals surface area contributed by atoms with Crippen molar-refractivity contribution in [3.63, 3.8) is 0 Å². The number of anilines is 4. The standard InChI is InChI=1S/C15H19FN6/c1-9-11(16)4-3-5-12(9)19-13-6-14(21-15(17)20-13)22-7-10(8-22)18-2/h3-6,10,18H,7-8H2,1-2H3,(H3,17,19,20,21). The topological polar surface area (TPSA) is 79.1 Å². The van der Waals surface area contributed by atoms with E-state index in [1.807, 2.05) is 13.1 Å². The second kappa shape index (κ2) is 5.76. The Hall–Kier alpha value is -2.41. The molecule has 4 N–H and O–H groups in total. The molecule has 1 aromatic carbocycles. The highest BCUT2D eigenvalue weighted by molar-refractivity contribution is 5.64. The number of nitrogens with two attached hydrogens (primary N) is 1. The van der Waals surface area contributed by atoms with Crippen LogP contribution in [0.1, 0.15) is 5.56 Å². The van der Waals surface area contributed by atoms with Gasteiger partial charge in [0, 0.05) is 36.4 Å². The third-order valence-corrected chi connectivity index (χ3v) is 3.87. The van der Waals surface area contributed by atoms with E-state index in [0.29, 0.717) is 23.1 Å². The number of aromatic nitrogens is 2. The molecule has 2 heterocycles. The molecular formula is C15H19FN6. The first kappa shape index (κ1) is 14.5. The van der Waals surface area contributed by atoms with Crippen molar-refractivity contribution in [2.75, 3.05) is 36.1 Å². The summed E-state index contributed by atoms with van der Waals surface area (Å²) in [5, 5.41) is 6.32. The van der Waals surface area contributed by atoms with Gasteiger partial charge >= 0.3 is 0 Å². The molecule has 6 nitrogen and oxygen atoms in total. The van der Waals surface area contributed by atoms with Crippen LogP contribution < -0.4 is 21.3 Å². The maximum Gasteiger partial charge on any atom is 0.223 e. The highest BCUT2D eigenvalue weighted by Gasteiger charge is 2.26.